The van der Waals surface area contributed by atoms with Crippen molar-refractivity contribution in [2.24, 2.45) is 5.10 Å². The highest BCUT2D eigenvalue weighted by molar-refractivity contribution is 7.99. The molecule has 218 valence electrons. The first-order chi connectivity index (χ1) is 20.3. The minimum atomic E-state index is -0.516. The standard InChI is InChI=1S/C30H30N4O6S2/c1-17-9-11-20(12-10-17)34-29(37)26-21-7-5-6-8-24(21)42-28(26)32-30(34)41-16-25(36)33-31-15-19-13-22(38-3)27(40-18(2)35)23(14-19)39-4/h9-15H,5-8,16H2,1-4H3,(H,33,36)/b31-15+. The minimum Gasteiger partial charge on any atom is -0.493 e. The van der Waals surface area contributed by atoms with Crippen molar-refractivity contribution in [1.82, 2.24) is 15.0 Å². The second-order valence-electron chi connectivity index (χ2n) is 9.69. The summed E-state index contributed by atoms with van der Waals surface area (Å²) in [5.74, 6) is -0.192. The summed E-state index contributed by atoms with van der Waals surface area (Å²) in [6, 6.07) is 10.9. The zero-order valence-corrected chi connectivity index (χ0v) is 25.3. The summed E-state index contributed by atoms with van der Waals surface area (Å²) in [6.07, 6.45) is 5.46. The Morgan fingerprint density at radius 1 is 1.12 bits per heavy atom. The van der Waals surface area contributed by atoms with Gasteiger partial charge in [-0.1, -0.05) is 29.5 Å². The number of carbonyl (C=O) groups is 2. The van der Waals surface area contributed by atoms with Gasteiger partial charge in [-0.05, 0) is 62.4 Å². The second kappa shape index (κ2) is 12.8. The number of benzene rings is 2. The molecule has 0 atom stereocenters. The molecule has 1 aliphatic carbocycles. The Bertz CT molecular complexity index is 1720. The van der Waals surface area contributed by atoms with Crippen molar-refractivity contribution in [3.63, 3.8) is 0 Å². The van der Waals surface area contributed by atoms with Crippen LogP contribution in [-0.2, 0) is 22.4 Å². The lowest BCUT2D eigenvalue weighted by Crippen LogP contribution is -2.24. The van der Waals surface area contributed by atoms with Gasteiger partial charge in [0.25, 0.3) is 11.5 Å². The molecule has 1 aliphatic rings. The molecule has 0 bridgehead atoms. The molecule has 5 rings (SSSR count). The summed E-state index contributed by atoms with van der Waals surface area (Å²) in [4.78, 5) is 44.9. The van der Waals surface area contributed by atoms with E-state index in [0.717, 1.165) is 41.6 Å². The van der Waals surface area contributed by atoms with Gasteiger partial charge in [0.15, 0.2) is 16.7 Å². The number of aryl methyl sites for hydroxylation is 3. The van der Waals surface area contributed by atoms with Crippen molar-refractivity contribution in [2.45, 2.75) is 44.7 Å². The molecule has 0 aliphatic heterocycles. The number of aromatic nitrogens is 2. The number of esters is 1. The predicted molar refractivity (Wildman–Crippen MR) is 164 cm³/mol. The fourth-order valence-electron chi connectivity index (χ4n) is 4.76. The number of nitrogens with one attached hydrogen (secondary N) is 1. The smallest absolute Gasteiger partial charge is 0.308 e. The lowest BCUT2D eigenvalue weighted by Gasteiger charge is -2.14. The van der Waals surface area contributed by atoms with Crippen molar-refractivity contribution in [3.05, 3.63) is 68.3 Å². The van der Waals surface area contributed by atoms with E-state index in [2.05, 4.69) is 10.5 Å². The van der Waals surface area contributed by atoms with Crippen LogP contribution in [0.5, 0.6) is 17.2 Å². The maximum absolute atomic E-state index is 13.9. The van der Waals surface area contributed by atoms with Gasteiger partial charge in [-0.15, -0.1) is 11.3 Å². The first-order valence-corrected chi connectivity index (χ1v) is 15.1. The van der Waals surface area contributed by atoms with Crippen molar-refractivity contribution in [2.75, 3.05) is 20.0 Å². The minimum absolute atomic E-state index is 0.00965. The lowest BCUT2D eigenvalue weighted by atomic mass is 9.97. The molecular formula is C30H30N4O6S2. The van der Waals surface area contributed by atoms with Crippen LogP contribution in [0.1, 0.15) is 41.3 Å². The van der Waals surface area contributed by atoms with E-state index >= 15 is 0 Å². The number of thiophene rings is 1. The second-order valence-corrected chi connectivity index (χ2v) is 11.7. The molecular weight excluding hydrogens is 576 g/mol. The van der Waals surface area contributed by atoms with Crippen LogP contribution >= 0.6 is 23.1 Å². The van der Waals surface area contributed by atoms with E-state index in [1.54, 1.807) is 28.0 Å². The monoisotopic (exact) mass is 606 g/mol. The Hall–Kier alpha value is -4.16. The molecule has 2 aromatic heterocycles. The Kier molecular flexibility index (Phi) is 8.93. The zero-order chi connectivity index (χ0) is 29.8. The van der Waals surface area contributed by atoms with Crippen LogP contribution in [0.3, 0.4) is 0 Å². The average molecular weight is 607 g/mol. The maximum atomic E-state index is 13.9. The fraction of sp³-hybridized carbons (Fsp3) is 0.300. The van der Waals surface area contributed by atoms with Crippen LogP contribution < -0.4 is 25.2 Å². The van der Waals surface area contributed by atoms with Crippen LogP contribution in [0.15, 0.2) is 51.5 Å². The number of methoxy groups -OCH3 is 2. The van der Waals surface area contributed by atoms with E-state index in [4.69, 9.17) is 19.2 Å². The maximum Gasteiger partial charge on any atom is 0.308 e. The number of hydrogen-bond acceptors (Lipinski definition) is 10. The van der Waals surface area contributed by atoms with Crippen LogP contribution in [0.4, 0.5) is 0 Å². The molecule has 0 spiro atoms. The molecule has 0 saturated heterocycles. The highest BCUT2D eigenvalue weighted by Crippen LogP contribution is 2.38. The van der Waals surface area contributed by atoms with Gasteiger partial charge in [0.1, 0.15) is 4.83 Å². The van der Waals surface area contributed by atoms with E-state index in [9.17, 15) is 14.4 Å². The normalized spacial score (nSPS) is 12.8. The van der Waals surface area contributed by atoms with Crippen molar-refractivity contribution < 1.29 is 23.8 Å². The number of amides is 1. The third-order valence-electron chi connectivity index (χ3n) is 6.71. The zero-order valence-electron chi connectivity index (χ0n) is 23.7. The van der Waals surface area contributed by atoms with Crippen LogP contribution in [-0.4, -0.2) is 47.6 Å². The summed E-state index contributed by atoms with van der Waals surface area (Å²) in [5.41, 5.74) is 5.86. The first kappa shape index (κ1) is 29.3. The van der Waals surface area contributed by atoms with Gasteiger partial charge in [0.05, 0.1) is 37.3 Å². The molecule has 0 radical (unpaired) electrons. The average Bonchev–Trinajstić information content (AvgIpc) is 3.35. The Labute approximate surface area is 250 Å². The van der Waals surface area contributed by atoms with Gasteiger partial charge in [-0.25, -0.2) is 10.4 Å². The van der Waals surface area contributed by atoms with Gasteiger partial charge < -0.3 is 14.2 Å². The molecule has 1 amide bonds. The third-order valence-corrected chi connectivity index (χ3v) is 8.84. The molecule has 42 heavy (non-hydrogen) atoms. The summed E-state index contributed by atoms with van der Waals surface area (Å²) >= 11 is 2.76. The van der Waals surface area contributed by atoms with E-state index < -0.39 is 5.97 Å². The van der Waals surface area contributed by atoms with Crippen molar-refractivity contribution in [3.8, 4) is 22.9 Å². The summed E-state index contributed by atoms with van der Waals surface area (Å²) in [5, 5.41) is 5.20. The summed E-state index contributed by atoms with van der Waals surface area (Å²) < 4.78 is 17.4. The molecule has 2 aromatic carbocycles. The number of ether oxygens (including phenoxy) is 3. The Morgan fingerprint density at radius 3 is 2.48 bits per heavy atom. The Balaban J connectivity index is 1.37. The topological polar surface area (TPSA) is 121 Å². The van der Waals surface area contributed by atoms with Crippen LogP contribution in [0.25, 0.3) is 15.9 Å². The molecule has 0 fully saturated rings. The SMILES string of the molecule is COc1cc(/C=N/NC(=O)CSc2nc3sc4c(c3c(=O)n2-c2ccc(C)cc2)CCCC4)cc(OC)c1OC(C)=O. The van der Waals surface area contributed by atoms with Gasteiger partial charge in [-0.3, -0.25) is 19.0 Å². The highest BCUT2D eigenvalue weighted by atomic mass is 32.2. The van der Waals surface area contributed by atoms with Crippen molar-refractivity contribution >= 4 is 51.4 Å². The molecule has 0 unspecified atom stereocenters. The number of rotatable bonds is 9. The Morgan fingerprint density at radius 2 is 1.81 bits per heavy atom. The van der Waals surface area contributed by atoms with E-state index in [1.165, 1.54) is 44.0 Å². The lowest BCUT2D eigenvalue weighted by molar-refractivity contribution is -0.132. The molecule has 0 saturated carbocycles. The van der Waals surface area contributed by atoms with Crippen LogP contribution in [0.2, 0.25) is 0 Å². The number of nitrogens with zero attached hydrogens (tertiary/aromatic N) is 3. The molecule has 10 nitrogen and oxygen atoms in total. The van der Waals surface area contributed by atoms with Crippen molar-refractivity contribution in [1.29, 1.82) is 0 Å². The number of fused-ring (bicyclic) bond motifs is 3. The quantitative estimate of drug-likeness (QED) is 0.0719. The number of hydrazone groups is 1. The summed E-state index contributed by atoms with van der Waals surface area (Å²) in [6.45, 7) is 3.27. The van der Waals surface area contributed by atoms with Gasteiger partial charge >= 0.3 is 5.97 Å². The van der Waals surface area contributed by atoms with E-state index in [-0.39, 0.29) is 34.5 Å². The largest absolute Gasteiger partial charge is 0.493 e. The molecule has 12 heteroatoms. The van der Waals surface area contributed by atoms with Gasteiger partial charge in [-0.2, -0.15) is 5.10 Å². The molecule has 4 aromatic rings. The van der Waals surface area contributed by atoms with Crippen LogP contribution in [0, 0.1) is 6.92 Å². The number of hydrogen-bond donors (Lipinski definition) is 1. The predicted octanol–water partition coefficient (Wildman–Crippen LogP) is 4.82. The highest BCUT2D eigenvalue weighted by Gasteiger charge is 2.23. The number of carbonyl (C=O) groups excluding carboxylic acids is 2. The van der Waals surface area contributed by atoms with Gasteiger partial charge in [0, 0.05) is 17.4 Å². The molecule has 2 heterocycles. The first-order valence-electron chi connectivity index (χ1n) is 13.3. The van der Waals surface area contributed by atoms with E-state index in [1.807, 2.05) is 31.2 Å². The van der Waals surface area contributed by atoms with E-state index in [0.29, 0.717) is 21.8 Å². The fourth-order valence-corrected chi connectivity index (χ4v) is 6.87. The number of thioether (sulfide) groups is 1. The molecule has 1 N–H and O–H groups in total. The van der Waals surface area contributed by atoms with Gasteiger partial charge in [0.2, 0.25) is 5.75 Å². The summed E-state index contributed by atoms with van der Waals surface area (Å²) in [7, 11) is 2.88. The third kappa shape index (κ3) is 6.19.